The fourth-order valence-corrected chi connectivity index (χ4v) is 2.03. The molecule has 0 atom stereocenters. The number of carboxylic acids is 1. The largest absolute Gasteiger partial charge is 0.477 e. The summed E-state index contributed by atoms with van der Waals surface area (Å²) in [7, 11) is 0. The minimum atomic E-state index is -0.957. The Balaban J connectivity index is 2.48. The van der Waals surface area contributed by atoms with Gasteiger partial charge in [-0.15, -0.1) is 11.3 Å². The molecule has 0 aliphatic heterocycles. The van der Waals surface area contributed by atoms with Crippen molar-refractivity contribution in [1.29, 1.82) is 0 Å². The molecule has 4 nitrogen and oxygen atoms in total. The van der Waals surface area contributed by atoms with Gasteiger partial charge in [-0.3, -0.25) is 4.79 Å². The fraction of sp³-hybridized carbons (Fsp3) is 0. The van der Waals surface area contributed by atoms with E-state index in [9.17, 15) is 9.59 Å². The Bertz CT molecular complexity index is 512. The van der Waals surface area contributed by atoms with Gasteiger partial charge in [-0.25, -0.2) is 4.79 Å². The van der Waals surface area contributed by atoms with Crippen LogP contribution in [0.4, 0.5) is 0 Å². The maximum absolute atomic E-state index is 10.9. The third kappa shape index (κ3) is 1.69. The lowest BCUT2D eigenvalue weighted by atomic mass is 10.4. The number of hydrogen-bond donors (Lipinski definition) is 1. The highest BCUT2D eigenvalue weighted by Gasteiger charge is 2.12. The zero-order valence-electron chi connectivity index (χ0n) is 7.58. The van der Waals surface area contributed by atoms with Gasteiger partial charge >= 0.3 is 5.97 Å². The zero-order chi connectivity index (χ0) is 10.8. The summed E-state index contributed by atoms with van der Waals surface area (Å²) in [6.45, 7) is 0. The molecule has 0 amide bonds. The van der Waals surface area contributed by atoms with Gasteiger partial charge in [-0.05, 0) is 17.5 Å². The van der Waals surface area contributed by atoms with E-state index in [0.717, 1.165) is 17.6 Å². The van der Waals surface area contributed by atoms with Gasteiger partial charge in [0, 0.05) is 18.0 Å². The van der Waals surface area contributed by atoms with Crippen LogP contribution in [-0.4, -0.2) is 21.9 Å². The number of aromatic carboxylic acids is 1. The number of thiophene rings is 1. The summed E-state index contributed by atoms with van der Waals surface area (Å²) in [5.41, 5.74) is 1.11. The van der Waals surface area contributed by atoms with Gasteiger partial charge < -0.3 is 9.67 Å². The lowest BCUT2D eigenvalue weighted by Crippen LogP contribution is -1.99. The normalized spacial score (nSPS) is 10.1. The minimum Gasteiger partial charge on any atom is -0.477 e. The molecule has 0 fully saturated rings. The van der Waals surface area contributed by atoms with Crippen molar-refractivity contribution >= 4 is 23.6 Å². The number of hydrogen-bond acceptors (Lipinski definition) is 3. The van der Waals surface area contributed by atoms with E-state index in [4.69, 9.17) is 5.11 Å². The summed E-state index contributed by atoms with van der Waals surface area (Å²) in [4.78, 5) is 21.6. The van der Waals surface area contributed by atoms with Crippen molar-refractivity contribution in [3.63, 3.8) is 0 Å². The number of nitrogens with zero attached hydrogens (tertiary/aromatic N) is 1. The minimum absolute atomic E-state index is 0.267. The molecule has 0 radical (unpaired) electrons. The van der Waals surface area contributed by atoms with Crippen molar-refractivity contribution in [2.45, 2.75) is 0 Å². The molecular weight excluding hydrogens is 214 g/mol. The average molecular weight is 221 g/mol. The first kappa shape index (κ1) is 9.67. The van der Waals surface area contributed by atoms with Crippen LogP contribution in [0.15, 0.2) is 29.9 Å². The molecule has 0 spiro atoms. The second-order valence-electron chi connectivity index (χ2n) is 2.91. The van der Waals surface area contributed by atoms with Crippen LogP contribution in [0, 0.1) is 0 Å². The summed E-state index contributed by atoms with van der Waals surface area (Å²) in [5.74, 6) is -0.957. The van der Waals surface area contributed by atoms with Crippen molar-refractivity contribution in [1.82, 2.24) is 4.57 Å². The molecule has 0 aromatic carbocycles. The first-order chi connectivity index (χ1) is 7.22. The standard InChI is InChI=1S/C10H7NO3S/c12-6-7-1-3-11(5-7)8-2-4-15-9(8)10(13)14/h1-6H,(H,13,14). The second-order valence-corrected chi connectivity index (χ2v) is 3.83. The molecule has 1 N–H and O–H groups in total. The van der Waals surface area contributed by atoms with E-state index in [-0.39, 0.29) is 4.88 Å². The molecule has 0 bridgehead atoms. The van der Waals surface area contributed by atoms with E-state index in [0.29, 0.717) is 11.3 Å². The van der Waals surface area contributed by atoms with Gasteiger partial charge in [0.15, 0.2) is 6.29 Å². The molecular formula is C10H7NO3S. The van der Waals surface area contributed by atoms with Crippen LogP contribution in [-0.2, 0) is 0 Å². The summed E-state index contributed by atoms with van der Waals surface area (Å²) in [6, 6.07) is 3.35. The third-order valence-electron chi connectivity index (χ3n) is 1.97. The maximum Gasteiger partial charge on any atom is 0.348 e. The predicted octanol–water partition coefficient (Wildman–Crippen LogP) is 2.05. The van der Waals surface area contributed by atoms with E-state index in [1.54, 1.807) is 34.5 Å². The van der Waals surface area contributed by atoms with Crippen molar-refractivity contribution in [3.05, 3.63) is 40.3 Å². The third-order valence-corrected chi connectivity index (χ3v) is 2.86. The Morgan fingerprint density at radius 3 is 2.87 bits per heavy atom. The van der Waals surface area contributed by atoms with Gasteiger partial charge in [-0.2, -0.15) is 0 Å². The van der Waals surface area contributed by atoms with Crippen LogP contribution in [0.25, 0.3) is 5.69 Å². The lowest BCUT2D eigenvalue weighted by Gasteiger charge is -2.00. The number of aldehydes is 1. The smallest absolute Gasteiger partial charge is 0.348 e. The van der Waals surface area contributed by atoms with Crippen LogP contribution in [0.1, 0.15) is 20.0 Å². The molecule has 0 saturated carbocycles. The molecule has 0 aliphatic rings. The average Bonchev–Trinajstić information content (AvgIpc) is 2.85. The van der Waals surface area contributed by atoms with Gasteiger partial charge in [0.1, 0.15) is 4.88 Å². The summed E-state index contributed by atoms with van der Waals surface area (Å²) in [6.07, 6.45) is 3.99. The Kier molecular flexibility index (Phi) is 2.39. The Morgan fingerprint density at radius 1 is 1.47 bits per heavy atom. The molecule has 0 aliphatic carbocycles. The number of carboxylic acid groups (broad SMARTS) is 1. The van der Waals surface area contributed by atoms with Crippen molar-refractivity contribution in [2.75, 3.05) is 0 Å². The van der Waals surface area contributed by atoms with E-state index >= 15 is 0 Å². The molecule has 2 aromatic rings. The van der Waals surface area contributed by atoms with Crippen LogP contribution >= 0.6 is 11.3 Å². The number of carbonyl (C=O) groups is 2. The molecule has 2 heterocycles. The van der Waals surface area contributed by atoms with Gasteiger partial charge in [-0.1, -0.05) is 0 Å². The molecule has 0 saturated heterocycles. The highest BCUT2D eigenvalue weighted by Crippen LogP contribution is 2.21. The quantitative estimate of drug-likeness (QED) is 0.807. The lowest BCUT2D eigenvalue weighted by molar-refractivity contribution is 0.0702. The first-order valence-electron chi connectivity index (χ1n) is 4.16. The molecule has 76 valence electrons. The van der Waals surface area contributed by atoms with Gasteiger partial charge in [0.05, 0.1) is 5.69 Å². The van der Waals surface area contributed by atoms with Crippen LogP contribution < -0.4 is 0 Å². The van der Waals surface area contributed by atoms with Crippen LogP contribution in [0.3, 0.4) is 0 Å². The molecule has 2 aromatic heterocycles. The Hall–Kier alpha value is -1.88. The predicted molar refractivity (Wildman–Crippen MR) is 56.0 cm³/mol. The molecule has 5 heteroatoms. The van der Waals surface area contributed by atoms with E-state index in [1.807, 2.05) is 0 Å². The van der Waals surface area contributed by atoms with Crippen LogP contribution in [0.2, 0.25) is 0 Å². The van der Waals surface area contributed by atoms with Gasteiger partial charge in [0.2, 0.25) is 0 Å². The summed E-state index contributed by atoms with van der Waals surface area (Å²) in [5, 5.41) is 10.6. The van der Waals surface area contributed by atoms with Crippen molar-refractivity contribution in [2.24, 2.45) is 0 Å². The number of carbonyl (C=O) groups excluding carboxylic acids is 1. The van der Waals surface area contributed by atoms with Gasteiger partial charge in [0.25, 0.3) is 0 Å². The summed E-state index contributed by atoms with van der Waals surface area (Å²) < 4.78 is 1.63. The zero-order valence-corrected chi connectivity index (χ0v) is 8.40. The van der Waals surface area contributed by atoms with Crippen molar-refractivity contribution in [3.8, 4) is 5.69 Å². The topological polar surface area (TPSA) is 59.3 Å². The first-order valence-corrected chi connectivity index (χ1v) is 5.04. The monoisotopic (exact) mass is 221 g/mol. The number of aromatic nitrogens is 1. The van der Waals surface area contributed by atoms with Crippen molar-refractivity contribution < 1.29 is 14.7 Å². The molecule has 2 rings (SSSR count). The number of rotatable bonds is 3. The fourth-order valence-electron chi connectivity index (χ4n) is 1.30. The Morgan fingerprint density at radius 2 is 2.27 bits per heavy atom. The van der Waals surface area contributed by atoms with E-state index in [1.165, 1.54) is 0 Å². The Labute approximate surface area is 89.4 Å². The molecule has 15 heavy (non-hydrogen) atoms. The van der Waals surface area contributed by atoms with Crippen LogP contribution in [0.5, 0.6) is 0 Å². The highest BCUT2D eigenvalue weighted by atomic mass is 32.1. The second kappa shape index (κ2) is 3.70. The highest BCUT2D eigenvalue weighted by molar-refractivity contribution is 7.12. The van der Waals surface area contributed by atoms with E-state index in [2.05, 4.69) is 0 Å². The SMILES string of the molecule is O=Cc1ccn(-c2ccsc2C(=O)O)c1. The molecule has 0 unspecified atom stereocenters. The maximum atomic E-state index is 10.9. The summed E-state index contributed by atoms with van der Waals surface area (Å²) >= 11 is 1.16. The van der Waals surface area contributed by atoms with E-state index < -0.39 is 5.97 Å².